The van der Waals surface area contributed by atoms with Crippen molar-refractivity contribution in [3.05, 3.63) is 12.2 Å². The highest BCUT2D eigenvalue weighted by Gasteiger charge is 2.22. The quantitative estimate of drug-likeness (QED) is 0.658. The lowest BCUT2D eigenvalue weighted by atomic mass is 9.87. The summed E-state index contributed by atoms with van der Waals surface area (Å²) >= 11 is 0. The largest absolute Gasteiger partial charge is 0.326 e. The molecular formula is C11H22N2. The second kappa shape index (κ2) is 4.25. The van der Waals surface area contributed by atoms with Crippen molar-refractivity contribution < 1.29 is 0 Å². The van der Waals surface area contributed by atoms with Crippen molar-refractivity contribution in [3.8, 4) is 0 Å². The average molecular weight is 182 g/mol. The molecule has 2 nitrogen and oxygen atoms in total. The highest BCUT2D eigenvalue weighted by molar-refractivity contribution is 4.92. The van der Waals surface area contributed by atoms with Crippen LogP contribution in [0.15, 0.2) is 12.2 Å². The highest BCUT2D eigenvalue weighted by Crippen LogP contribution is 2.18. The maximum Gasteiger partial charge on any atom is 0.0217 e. The molecule has 0 spiro atoms. The number of nitrogens with two attached hydrogens (primary N) is 1. The van der Waals surface area contributed by atoms with E-state index in [-0.39, 0.29) is 11.5 Å². The Hall–Kier alpha value is -0.340. The summed E-state index contributed by atoms with van der Waals surface area (Å²) in [5, 5.41) is 0. The van der Waals surface area contributed by atoms with Gasteiger partial charge in [0.25, 0.3) is 0 Å². The predicted molar refractivity (Wildman–Crippen MR) is 57.6 cm³/mol. The molecule has 0 aromatic carbocycles. The minimum absolute atomic E-state index is 0.223. The smallest absolute Gasteiger partial charge is 0.0217 e. The first-order valence-corrected chi connectivity index (χ1v) is 5.13. The van der Waals surface area contributed by atoms with Crippen molar-refractivity contribution in [2.45, 2.75) is 33.2 Å². The van der Waals surface area contributed by atoms with Gasteiger partial charge in [0.05, 0.1) is 0 Å². The van der Waals surface area contributed by atoms with Gasteiger partial charge in [-0.3, -0.25) is 4.90 Å². The van der Waals surface area contributed by atoms with Gasteiger partial charge in [0.2, 0.25) is 0 Å². The van der Waals surface area contributed by atoms with Crippen molar-refractivity contribution in [2.75, 3.05) is 19.6 Å². The van der Waals surface area contributed by atoms with Crippen LogP contribution in [0, 0.1) is 5.41 Å². The van der Waals surface area contributed by atoms with Crippen molar-refractivity contribution in [1.82, 2.24) is 4.90 Å². The first-order chi connectivity index (χ1) is 6.00. The zero-order valence-corrected chi connectivity index (χ0v) is 9.09. The van der Waals surface area contributed by atoms with Crippen molar-refractivity contribution in [1.29, 1.82) is 0 Å². The average Bonchev–Trinajstić information content (AvgIpc) is 2.04. The second-order valence-electron chi connectivity index (χ2n) is 4.99. The van der Waals surface area contributed by atoms with Crippen LogP contribution in [-0.4, -0.2) is 30.6 Å². The maximum atomic E-state index is 6.12. The van der Waals surface area contributed by atoms with Gasteiger partial charge in [0, 0.05) is 25.7 Å². The summed E-state index contributed by atoms with van der Waals surface area (Å²) in [6.07, 6.45) is 5.66. The molecule has 2 N–H and O–H groups in total. The third kappa shape index (κ3) is 3.49. The lowest BCUT2D eigenvalue weighted by Crippen LogP contribution is -2.46. The van der Waals surface area contributed by atoms with E-state index in [0.29, 0.717) is 0 Å². The molecule has 0 amide bonds. The molecule has 0 aliphatic carbocycles. The third-order valence-electron chi connectivity index (χ3n) is 2.71. The Bertz CT molecular complexity index is 179. The lowest BCUT2D eigenvalue weighted by molar-refractivity contribution is 0.210. The van der Waals surface area contributed by atoms with E-state index in [1.165, 1.54) is 13.0 Å². The van der Waals surface area contributed by atoms with E-state index in [2.05, 4.69) is 37.8 Å². The van der Waals surface area contributed by atoms with Crippen LogP contribution < -0.4 is 5.73 Å². The monoisotopic (exact) mass is 182 g/mol. The van der Waals surface area contributed by atoms with Gasteiger partial charge in [-0.25, -0.2) is 0 Å². The van der Waals surface area contributed by atoms with E-state index in [9.17, 15) is 0 Å². The number of rotatable bonds is 2. The Labute approximate surface area is 81.8 Å². The van der Waals surface area contributed by atoms with Gasteiger partial charge in [0.15, 0.2) is 0 Å². The highest BCUT2D eigenvalue weighted by atomic mass is 15.1. The van der Waals surface area contributed by atoms with Crippen LogP contribution in [0.5, 0.6) is 0 Å². The fourth-order valence-corrected chi connectivity index (χ4v) is 1.41. The topological polar surface area (TPSA) is 29.3 Å². The van der Waals surface area contributed by atoms with Gasteiger partial charge in [-0.15, -0.1) is 0 Å². The Morgan fingerprint density at radius 3 is 2.54 bits per heavy atom. The lowest BCUT2D eigenvalue weighted by Gasteiger charge is -2.33. The summed E-state index contributed by atoms with van der Waals surface area (Å²) in [6.45, 7) is 9.88. The third-order valence-corrected chi connectivity index (χ3v) is 2.71. The molecule has 1 rings (SSSR count). The molecule has 1 aliphatic heterocycles. The molecule has 1 aliphatic rings. The Morgan fingerprint density at radius 1 is 1.38 bits per heavy atom. The molecular weight excluding hydrogens is 160 g/mol. The molecule has 13 heavy (non-hydrogen) atoms. The molecule has 76 valence electrons. The summed E-state index contributed by atoms with van der Waals surface area (Å²) in [5.74, 6) is 0. The molecule has 0 radical (unpaired) electrons. The Kier molecular flexibility index (Phi) is 3.51. The van der Waals surface area contributed by atoms with E-state index in [1.807, 2.05) is 0 Å². The van der Waals surface area contributed by atoms with Crippen LogP contribution in [0.3, 0.4) is 0 Å². The van der Waals surface area contributed by atoms with Crippen LogP contribution >= 0.6 is 0 Å². The van der Waals surface area contributed by atoms with Crippen molar-refractivity contribution >= 4 is 0 Å². The van der Waals surface area contributed by atoms with E-state index in [1.54, 1.807) is 0 Å². The summed E-state index contributed by atoms with van der Waals surface area (Å²) in [5.41, 5.74) is 6.34. The fraction of sp³-hybridized carbons (Fsp3) is 0.818. The SMILES string of the molecule is CC(C)(C)C(N)CN1CC=CCC1. The number of hydrogen-bond donors (Lipinski definition) is 1. The van der Waals surface area contributed by atoms with Crippen LogP contribution in [0.4, 0.5) is 0 Å². The van der Waals surface area contributed by atoms with Crippen molar-refractivity contribution in [3.63, 3.8) is 0 Å². The zero-order valence-electron chi connectivity index (χ0n) is 9.09. The van der Waals surface area contributed by atoms with Crippen LogP contribution in [0.2, 0.25) is 0 Å². The summed E-state index contributed by atoms with van der Waals surface area (Å²) in [4.78, 5) is 2.43. The summed E-state index contributed by atoms with van der Waals surface area (Å²) < 4.78 is 0. The van der Waals surface area contributed by atoms with Crippen LogP contribution in [0.1, 0.15) is 27.2 Å². The molecule has 2 heteroatoms. The minimum Gasteiger partial charge on any atom is -0.326 e. The van der Waals surface area contributed by atoms with E-state index >= 15 is 0 Å². The molecule has 1 heterocycles. The van der Waals surface area contributed by atoms with Gasteiger partial charge >= 0.3 is 0 Å². The van der Waals surface area contributed by atoms with Gasteiger partial charge in [-0.2, -0.15) is 0 Å². The van der Waals surface area contributed by atoms with Gasteiger partial charge in [0.1, 0.15) is 0 Å². The maximum absolute atomic E-state index is 6.12. The van der Waals surface area contributed by atoms with E-state index < -0.39 is 0 Å². The standard InChI is InChI=1S/C11H22N2/c1-11(2,3)10(12)9-13-7-5-4-6-8-13/h4-5,10H,6-9,12H2,1-3H3. The van der Waals surface area contributed by atoms with Gasteiger partial charge in [-0.1, -0.05) is 32.9 Å². The van der Waals surface area contributed by atoms with Gasteiger partial charge in [-0.05, 0) is 11.8 Å². The summed E-state index contributed by atoms with van der Waals surface area (Å²) in [6, 6.07) is 0.277. The molecule has 1 atom stereocenters. The normalized spacial score (nSPS) is 21.8. The first kappa shape index (κ1) is 10.7. The molecule has 1 unspecified atom stereocenters. The molecule has 0 bridgehead atoms. The molecule has 0 saturated carbocycles. The zero-order chi connectivity index (χ0) is 9.90. The second-order valence-corrected chi connectivity index (χ2v) is 4.99. The Morgan fingerprint density at radius 2 is 2.08 bits per heavy atom. The Balaban J connectivity index is 2.35. The molecule has 0 fully saturated rings. The number of nitrogens with zero attached hydrogens (tertiary/aromatic N) is 1. The van der Waals surface area contributed by atoms with E-state index in [0.717, 1.165) is 13.1 Å². The summed E-state index contributed by atoms with van der Waals surface area (Å²) in [7, 11) is 0. The van der Waals surface area contributed by atoms with Crippen LogP contribution in [-0.2, 0) is 0 Å². The van der Waals surface area contributed by atoms with Crippen LogP contribution in [0.25, 0.3) is 0 Å². The molecule has 0 aromatic heterocycles. The number of hydrogen-bond acceptors (Lipinski definition) is 2. The van der Waals surface area contributed by atoms with E-state index in [4.69, 9.17) is 5.73 Å². The van der Waals surface area contributed by atoms with Gasteiger partial charge < -0.3 is 5.73 Å². The molecule has 0 aromatic rings. The fourth-order valence-electron chi connectivity index (χ4n) is 1.41. The minimum atomic E-state index is 0.223. The van der Waals surface area contributed by atoms with Crippen molar-refractivity contribution in [2.24, 2.45) is 11.1 Å². The first-order valence-electron chi connectivity index (χ1n) is 5.13. The predicted octanol–water partition coefficient (Wildman–Crippen LogP) is 1.62. The molecule has 0 saturated heterocycles.